The van der Waals surface area contributed by atoms with E-state index in [-0.39, 0.29) is 23.0 Å². The number of aryl methyl sites for hydroxylation is 1. The van der Waals surface area contributed by atoms with Crippen molar-refractivity contribution in [3.8, 4) is 0 Å². The molecule has 0 spiro atoms. The van der Waals surface area contributed by atoms with Crippen LogP contribution >= 0.6 is 0 Å². The Kier molecular flexibility index (Phi) is 6.07. The summed E-state index contributed by atoms with van der Waals surface area (Å²) in [5.41, 5.74) is 3.08. The van der Waals surface area contributed by atoms with Crippen molar-refractivity contribution < 1.29 is 18.0 Å². The van der Waals surface area contributed by atoms with Crippen LogP contribution < -0.4 is 0 Å². The highest BCUT2D eigenvalue weighted by Crippen LogP contribution is 2.20. The molecule has 1 aromatic heterocycles. The van der Waals surface area contributed by atoms with Crippen LogP contribution in [-0.2, 0) is 17.1 Å². The minimum Gasteiger partial charge on any atom is -0.351 e. The molecule has 1 aromatic carbocycles. The number of rotatable bonds is 6. The Morgan fingerprint density at radius 2 is 1.69 bits per heavy atom. The molecular weight excluding hydrogens is 390 g/mol. The zero-order valence-corrected chi connectivity index (χ0v) is 18.1. The molecule has 8 heteroatoms. The molecule has 2 aromatic rings. The van der Waals surface area contributed by atoms with Crippen molar-refractivity contribution in [2.75, 3.05) is 32.7 Å². The van der Waals surface area contributed by atoms with E-state index >= 15 is 0 Å². The van der Waals surface area contributed by atoms with Gasteiger partial charge < -0.3 is 4.57 Å². The number of piperazine rings is 1. The van der Waals surface area contributed by atoms with Gasteiger partial charge in [-0.1, -0.05) is 12.1 Å². The molecule has 1 fully saturated rings. The molecule has 0 N–H and O–H groups in total. The van der Waals surface area contributed by atoms with Gasteiger partial charge in [-0.05, 0) is 39.0 Å². The maximum Gasteiger partial charge on any atom is 0.243 e. The molecular formula is C21H27N3O4S. The third kappa shape index (κ3) is 4.34. The van der Waals surface area contributed by atoms with E-state index in [1.54, 1.807) is 12.1 Å². The van der Waals surface area contributed by atoms with Crippen LogP contribution in [0, 0.1) is 13.8 Å². The minimum absolute atomic E-state index is 0.0525. The Morgan fingerprint density at radius 1 is 1.03 bits per heavy atom. The van der Waals surface area contributed by atoms with Crippen molar-refractivity contribution >= 4 is 21.6 Å². The average Bonchev–Trinajstić information content (AvgIpc) is 2.96. The third-order valence-electron chi connectivity index (χ3n) is 5.65. The molecule has 0 bridgehead atoms. The first kappa shape index (κ1) is 21.4. The van der Waals surface area contributed by atoms with Gasteiger partial charge in [0.2, 0.25) is 10.0 Å². The maximum atomic E-state index is 12.9. The molecule has 0 aliphatic carbocycles. The van der Waals surface area contributed by atoms with Crippen LogP contribution in [0.1, 0.15) is 39.0 Å². The van der Waals surface area contributed by atoms with Gasteiger partial charge >= 0.3 is 0 Å². The number of benzene rings is 1. The van der Waals surface area contributed by atoms with Crippen LogP contribution in [0.15, 0.2) is 35.2 Å². The van der Waals surface area contributed by atoms with E-state index in [9.17, 15) is 18.0 Å². The lowest BCUT2D eigenvalue weighted by atomic mass is 10.1. The van der Waals surface area contributed by atoms with Gasteiger partial charge in [0.1, 0.15) is 0 Å². The Bertz CT molecular complexity index is 1050. The zero-order valence-electron chi connectivity index (χ0n) is 17.3. The number of carbonyl (C=O) groups excluding carboxylic acids is 2. The normalized spacial score (nSPS) is 16.1. The fourth-order valence-electron chi connectivity index (χ4n) is 3.58. The van der Waals surface area contributed by atoms with Crippen LogP contribution in [0.5, 0.6) is 0 Å². The van der Waals surface area contributed by atoms with E-state index in [4.69, 9.17) is 0 Å². The highest BCUT2D eigenvalue weighted by Gasteiger charge is 2.30. The molecule has 0 unspecified atom stereocenters. The van der Waals surface area contributed by atoms with E-state index in [0.29, 0.717) is 31.7 Å². The maximum absolute atomic E-state index is 12.9. The molecule has 2 heterocycles. The summed E-state index contributed by atoms with van der Waals surface area (Å²) in [5, 5.41) is 0. The van der Waals surface area contributed by atoms with E-state index in [2.05, 4.69) is 0 Å². The number of carbonyl (C=O) groups is 2. The second-order valence-electron chi connectivity index (χ2n) is 7.53. The van der Waals surface area contributed by atoms with Crippen LogP contribution in [0.4, 0.5) is 0 Å². The van der Waals surface area contributed by atoms with Gasteiger partial charge in [0.15, 0.2) is 11.6 Å². The molecule has 0 amide bonds. The van der Waals surface area contributed by atoms with Gasteiger partial charge in [0.05, 0.1) is 11.4 Å². The summed E-state index contributed by atoms with van der Waals surface area (Å²) >= 11 is 0. The topological polar surface area (TPSA) is 79.7 Å². The van der Waals surface area contributed by atoms with Crippen molar-refractivity contribution in [3.05, 3.63) is 52.8 Å². The lowest BCUT2D eigenvalue weighted by Crippen LogP contribution is -2.49. The molecule has 0 atom stereocenters. The van der Waals surface area contributed by atoms with Gasteiger partial charge in [0, 0.05) is 55.7 Å². The monoisotopic (exact) mass is 417 g/mol. The molecule has 29 heavy (non-hydrogen) atoms. The van der Waals surface area contributed by atoms with Crippen LogP contribution in [0.25, 0.3) is 0 Å². The highest BCUT2D eigenvalue weighted by atomic mass is 32.2. The molecule has 0 radical (unpaired) electrons. The van der Waals surface area contributed by atoms with Gasteiger partial charge in [0.25, 0.3) is 0 Å². The van der Waals surface area contributed by atoms with Crippen molar-refractivity contribution in [1.29, 1.82) is 0 Å². The van der Waals surface area contributed by atoms with Crippen molar-refractivity contribution in [2.45, 2.75) is 25.7 Å². The van der Waals surface area contributed by atoms with E-state index in [1.807, 2.05) is 36.4 Å². The largest absolute Gasteiger partial charge is 0.351 e. The van der Waals surface area contributed by atoms with Gasteiger partial charge in [-0.2, -0.15) is 4.31 Å². The first-order valence-electron chi connectivity index (χ1n) is 9.61. The summed E-state index contributed by atoms with van der Waals surface area (Å²) in [6.45, 7) is 7.19. The number of hydrogen-bond donors (Lipinski definition) is 0. The lowest BCUT2D eigenvalue weighted by molar-refractivity contribution is 0.0900. The average molecular weight is 418 g/mol. The number of ketones is 2. The van der Waals surface area contributed by atoms with E-state index < -0.39 is 10.0 Å². The number of Topliss-reactive ketones (excluding diaryl/α,β-unsaturated/α-hetero) is 2. The van der Waals surface area contributed by atoms with Crippen LogP contribution in [0.2, 0.25) is 0 Å². The van der Waals surface area contributed by atoms with Crippen LogP contribution in [-0.4, -0.2) is 66.5 Å². The lowest BCUT2D eigenvalue weighted by Gasteiger charge is -2.33. The Labute approximate surface area is 172 Å². The minimum atomic E-state index is -3.66. The molecule has 1 saturated heterocycles. The zero-order chi connectivity index (χ0) is 21.3. The predicted molar refractivity (Wildman–Crippen MR) is 111 cm³/mol. The molecule has 3 rings (SSSR count). The molecule has 1 aliphatic heterocycles. The quantitative estimate of drug-likeness (QED) is 0.672. The van der Waals surface area contributed by atoms with Crippen molar-refractivity contribution in [2.24, 2.45) is 7.05 Å². The Balaban J connectivity index is 1.65. The van der Waals surface area contributed by atoms with Crippen molar-refractivity contribution in [3.63, 3.8) is 0 Å². The van der Waals surface area contributed by atoms with Crippen molar-refractivity contribution in [1.82, 2.24) is 13.8 Å². The van der Waals surface area contributed by atoms with Gasteiger partial charge in [-0.15, -0.1) is 0 Å². The second-order valence-corrected chi connectivity index (χ2v) is 9.47. The second kappa shape index (κ2) is 8.22. The number of aromatic nitrogens is 1. The third-order valence-corrected chi connectivity index (χ3v) is 7.55. The summed E-state index contributed by atoms with van der Waals surface area (Å²) < 4.78 is 29.3. The fourth-order valence-corrected chi connectivity index (χ4v) is 5.05. The number of hydrogen-bond acceptors (Lipinski definition) is 5. The summed E-state index contributed by atoms with van der Waals surface area (Å²) in [6, 6.07) is 8.04. The first-order chi connectivity index (χ1) is 13.6. The fraction of sp³-hybridized carbons (Fsp3) is 0.429. The molecule has 156 valence electrons. The summed E-state index contributed by atoms with van der Waals surface area (Å²) in [6.07, 6.45) is 0. The summed E-state index contributed by atoms with van der Waals surface area (Å²) in [4.78, 5) is 26.4. The summed E-state index contributed by atoms with van der Waals surface area (Å²) in [7, 11) is -1.73. The smallest absolute Gasteiger partial charge is 0.243 e. The Hall–Kier alpha value is -2.29. The SMILES string of the molecule is CC(=O)c1cccc(S(=O)(=O)N2CCN(CC(=O)c3cc(C)n(C)c3C)CC2)c1. The van der Waals surface area contributed by atoms with E-state index in [1.165, 1.54) is 23.4 Å². The van der Waals surface area contributed by atoms with E-state index in [0.717, 1.165) is 17.0 Å². The summed E-state index contributed by atoms with van der Waals surface area (Å²) in [5.74, 6) is -0.117. The molecule has 7 nitrogen and oxygen atoms in total. The number of sulfonamides is 1. The first-order valence-corrected chi connectivity index (χ1v) is 11.0. The predicted octanol–water partition coefficient (Wildman–Crippen LogP) is 2.03. The Morgan fingerprint density at radius 3 is 2.24 bits per heavy atom. The van der Waals surface area contributed by atoms with Gasteiger partial charge in [-0.25, -0.2) is 8.42 Å². The van der Waals surface area contributed by atoms with Gasteiger partial charge in [-0.3, -0.25) is 14.5 Å². The highest BCUT2D eigenvalue weighted by molar-refractivity contribution is 7.89. The molecule has 1 aliphatic rings. The van der Waals surface area contributed by atoms with Crippen LogP contribution in [0.3, 0.4) is 0 Å². The standard InChI is InChI=1S/C21H27N3O4S/c1-15-12-20(16(2)22(15)4)21(26)14-23-8-10-24(11-9-23)29(27,28)19-7-5-6-18(13-19)17(3)25/h5-7,12-13H,8-11,14H2,1-4H3. The number of nitrogens with zero attached hydrogens (tertiary/aromatic N) is 3. The molecule has 0 saturated carbocycles.